The van der Waals surface area contributed by atoms with Gasteiger partial charge in [-0.05, 0) is 46.9 Å². The average Bonchev–Trinajstić information content (AvgIpc) is 1.95. The second kappa shape index (κ2) is 6.42. The zero-order valence-corrected chi connectivity index (χ0v) is 8.00. The van der Waals surface area contributed by atoms with Crippen LogP contribution < -0.4 is 4.18 Å². The Morgan fingerprint density at radius 1 is 1.27 bits per heavy atom. The number of benzene rings is 1. The third-order valence-electron chi connectivity index (χ3n) is 0.956. The molecule has 0 aromatic heterocycles. The van der Waals surface area contributed by atoms with Gasteiger partial charge in [-0.25, -0.2) is 4.21 Å². The maximum atomic E-state index is 9.93. The van der Waals surface area contributed by atoms with Gasteiger partial charge in [0, 0.05) is 3.57 Å². The third kappa shape index (κ3) is 4.47. The van der Waals surface area contributed by atoms with Gasteiger partial charge in [0.15, 0.2) is 11.9 Å². The molecular weight excluding hydrogens is 286 g/mol. The van der Waals surface area contributed by atoms with E-state index in [1.54, 1.807) is 12.1 Å². The molecule has 2 nitrogen and oxygen atoms in total. The Labute approximate surface area is 105 Å². The molecule has 5 heteroatoms. The van der Waals surface area contributed by atoms with Crippen LogP contribution in [0.1, 0.15) is 0 Å². The van der Waals surface area contributed by atoms with Crippen LogP contribution in [-0.2, 0) is 11.9 Å². The summed E-state index contributed by atoms with van der Waals surface area (Å²) < 4.78 is 15.7. The molecule has 0 atom stereocenters. The third-order valence-corrected chi connectivity index (χ3v) is 1.96. The van der Waals surface area contributed by atoms with E-state index in [9.17, 15) is 4.21 Å². The van der Waals surface area contributed by atoms with Crippen molar-refractivity contribution in [2.75, 3.05) is 0 Å². The van der Waals surface area contributed by atoms with Gasteiger partial charge in [0.2, 0.25) is 0 Å². The predicted octanol–water partition coefficient (Wildman–Crippen LogP) is 0.882. The Bertz CT molecular complexity index is 227. The van der Waals surface area contributed by atoms with E-state index in [4.69, 9.17) is 0 Å². The summed E-state index contributed by atoms with van der Waals surface area (Å²) in [6.45, 7) is 0. The van der Waals surface area contributed by atoms with Gasteiger partial charge in [-0.2, -0.15) is 0 Å². The summed E-state index contributed by atoms with van der Waals surface area (Å²) in [5.41, 5.74) is 0. The van der Waals surface area contributed by atoms with E-state index in [2.05, 4.69) is 26.8 Å². The first kappa shape index (κ1) is 11.9. The SMILES string of the molecule is O=[SH]Oc1ccc(I)cc1.[NaH]. The maximum absolute atomic E-state index is 9.93. The molecule has 0 spiro atoms. The molecule has 0 saturated heterocycles. The number of hydrogen-bond acceptors (Lipinski definition) is 2. The van der Waals surface area contributed by atoms with Crippen LogP contribution in [0.2, 0.25) is 0 Å². The van der Waals surface area contributed by atoms with Crippen LogP contribution in [0.25, 0.3) is 0 Å². The van der Waals surface area contributed by atoms with Gasteiger partial charge in [-0.1, -0.05) is 0 Å². The standard InChI is InChI=1S/C6H5IO2S.Na.H/c7-5-1-3-6(4-2-5)9-10-8;;/h1-4,10H;;. The van der Waals surface area contributed by atoms with Crippen molar-refractivity contribution >= 4 is 64.1 Å². The van der Waals surface area contributed by atoms with Crippen molar-refractivity contribution in [3.8, 4) is 5.75 Å². The van der Waals surface area contributed by atoms with Gasteiger partial charge < -0.3 is 4.18 Å². The molecule has 0 radical (unpaired) electrons. The zero-order valence-electron chi connectivity index (χ0n) is 4.95. The second-order valence-corrected chi connectivity index (χ2v) is 3.20. The molecule has 0 N–H and O–H groups in total. The first-order valence-corrected chi connectivity index (χ1v) is 4.39. The molecule has 0 bridgehead atoms. The van der Waals surface area contributed by atoms with Crippen LogP contribution in [0.3, 0.4) is 0 Å². The average molecular weight is 292 g/mol. The fourth-order valence-corrected chi connectivity index (χ4v) is 1.11. The molecule has 1 aromatic rings. The van der Waals surface area contributed by atoms with E-state index in [0.717, 1.165) is 3.57 Å². The molecule has 56 valence electrons. The fraction of sp³-hybridized carbons (Fsp3) is 0. The van der Waals surface area contributed by atoms with E-state index in [-0.39, 0.29) is 41.5 Å². The van der Waals surface area contributed by atoms with Gasteiger partial charge in [0.25, 0.3) is 0 Å². The molecule has 0 aliphatic heterocycles. The summed E-state index contributed by atoms with van der Waals surface area (Å²) in [4.78, 5) is 0. The van der Waals surface area contributed by atoms with Gasteiger partial charge in [-0.3, -0.25) is 0 Å². The van der Waals surface area contributed by atoms with Gasteiger partial charge in [0.1, 0.15) is 5.75 Å². The fourth-order valence-electron chi connectivity index (χ4n) is 0.538. The van der Waals surface area contributed by atoms with Crippen LogP contribution >= 0.6 is 22.6 Å². The molecule has 1 aromatic carbocycles. The van der Waals surface area contributed by atoms with Crippen molar-refractivity contribution in [3.63, 3.8) is 0 Å². The monoisotopic (exact) mass is 292 g/mol. The van der Waals surface area contributed by atoms with E-state index >= 15 is 0 Å². The van der Waals surface area contributed by atoms with Crippen LogP contribution in [0.15, 0.2) is 24.3 Å². The van der Waals surface area contributed by atoms with E-state index < -0.39 is 0 Å². The summed E-state index contributed by atoms with van der Waals surface area (Å²) in [5, 5.41) is 0. The minimum absolute atomic E-state index is 0. The molecule has 0 heterocycles. The van der Waals surface area contributed by atoms with Crippen molar-refractivity contribution in [3.05, 3.63) is 27.8 Å². The van der Waals surface area contributed by atoms with E-state index in [1.165, 1.54) is 0 Å². The summed E-state index contributed by atoms with van der Waals surface area (Å²) >= 11 is 1.88. The Morgan fingerprint density at radius 3 is 2.27 bits per heavy atom. The quantitative estimate of drug-likeness (QED) is 0.497. The van der Waals surface area contributed by atoms with Crippen molar-refractivity contribution in [1.29, 1.82) is 0 Å². The first-order chi connectivity index (χ1) is 4.83. The number of hydrogen-bond donors (Lipinski definition) is 1. The molecule has 0 aliphatic carbocycles. The summed E-state index contributed by atoms with van der Waals surface area (Å²) in [6.07, 6.45) is 0. The molecule has 0 saturated carbocycles. The molecule has 0 aliphatic rings. The summed E-state index contributed by atoms with van der Waals surface area (Å²) in [6, 6.07) is 7.32. The summed E-state index contributed by atoms with van der Waals surface area (Å²) in [7, 11) is 0. The molecular formula is C6H6INaO2S. The number of thiol groups is 1. The Balaban J connectivity index is 0.000001000. The van der Waals surface area contributed by atoms with Crippen LogP contribution in [0.4, 0.5) is 0 Å². The van der Waals surface area contributed by atoms with Crippen molar-refractivity contribution < 1.29 is 8.39 Å². The van der Waals surface area contributed by atoms with Gasteiger partial charge in [-0.15, -0.1) is 0 Å². The van der Waals surface area contributed by atoms with Crippen LogP contribution in [0, 0.1) is 3.57 Å². The molecule has 0 amide bonds. The molecule has 0 unspecified atom stereocenters. The molecule has 1 rings (SSSR count). The topological polar surface area (TPSA) is 26.3 Å². The van der Waals surface area contributed by atoms with Crippen LogP contribution in [0.5, 0.6) is 5.75 Å². The number of rotatable bonds is 2. The Morgan fingerprint density at radius 2 is 1.82 bits per heavy atom. The predicted molar refractivity (Wildman–Crippen MR) is 56.5 cm³/mol. The normalized spacial score (nSPS) is 8.45. The second-order valence-electron chi connectivity index (χ2n) is 1.62. The van der Waals surface area contributed by atoms with E-state index in [0.29, 0.717) is 5.75 Å². The van der Waals surface area contributed by atoms with Gasteiger partial charge >= 0.3 is 29.6 Å². The summed E-state index contributed by atoms with van der Waals surface area (Å²) in [5.74, 6) is 0.622. The van der Waals surface area contributed by atoms with Gasteiger partial charge in [0.05, 0.1) is 0 Å². The van der Waals surface area contributed by atoms with Crippen molar-refractivity contribution in [2.24, 2.45) is 0 Å². The first-order valence-electron chi connectivity index (χ1n) is 2.58. The van der Waals surface area contributed by atoms with E-state index in [1.807, 2.05) is 12.1 Å². The zero-order chi connectivity index (χ0) is 7.40. The minimum atomic E-state index is -0.306. The Kier molecular flexibility index (Phi) is 6.94. The molecule has 0 fully saturated rings. The molecule has 11 heavy (non-hydrogen) atoms. The van der Waals surface area contributed by atoms with Crippen molar-refractivity contribution in [2.45, 2.75) is 0 Å². The van der Waals surface area contributed by atoms with Crippen LogP contribution in [-0.4, -0.2) is 33.8 Å². The number of halogens is 1. The van der Waals surface area contributed by atoms with Crippen molar-refractivity contribution in [1.82, 2.24) is 0 Å². The Hall–Kier alpha value is 0.900.